The van der Waals surface area contributed by atoms with Crippen LogP contribution in [0.3, 0.4) is 0 Å². The zero-order valence-electron chi connectivity index (χ0n) is 11.0. The lowest BCUT2D eigenvalue weighted by Gasteiger charge is -2.17. The summed E-state index contributed by atoms with van der Waals surface area (Å²) in [6, 6.07) is 8.30. The lowest BCUT2D eigenvalue weighted by molar-refractivity contribution is -0.138. The highest BCUT2D eigenvalue weighted by atomic mass is 19.4. The first-order valence-electron chi connectivity index (χ1n) is 6.11. The number of para-hydroxylation sites is 2. The number of hydrogen-bond acceptors (Lipinski definition) is 2. The van der Waals surface area contributed by atoms with Gasteiger partial charge in [-0.2, -0.15) is 13.2 Å². The third-order valence-electron chi connectivity index (χ3n) is 2.85. The van der Waals surface area contributed by atoms with Crippen molar-refractivity contribution in [2.75, 3.05) is 0 Å². The van der Waals surface area contributed by atoms with Crippen LogP contribution in [-0.4, -0.2) is 5.11 Å². The van der Waals surface area contributed by atoms with Crippen LogP contribution in [-0.2, 0) is 6.18 Å². The summed E-state index contributed by atoms with van der Waals surface area (Å²) in [7, 11) is 0. The minimum atomic E-state index is -4.62. The van der Waals surface area contributed by atoms with Gasteiger partial charge in [-0.15, -0.1) is 0 Å². The molecule has 6 heteroatoms. The second kappa shape index (κ2) is 5.73. The molecular formula is C15H12F4O2. The molecule has 2 aromatic carbocycles. The highest BCUT2D eigenvalue weighted by Crippen LogP contribution is 2.40. The van der Waals surface area contributed by atoms with Crippen LogP contribution in [0.4, 0.5) is 17.6 Å². The number of rotatable bonds is 3. The molecular weight excluding hydrogens is 288 g/mol. The molecule has 0 bridgehead atoms. The van der Waals surface area contributed by atoms with Gasteiger partial charge in [0, 0.05) is 5.56 Å². The third kappa shape index (κ3) is 3.33. The molecule has 21 heavy (non-hydrogen) atoms. The molecule has 2 rings (SSSR count). The predicted molar refractivity (Wildman–Crippen MR) is 68.6 cm³/mol. The summed E-state index contributed by atoms with van der Waals surface area (Å²) in [5, 5.41) is 9.57. The molecule has 0 heterocycles. The zero-order chi connectivity index (χ0) is 15.6. The van der Waals surface area contributed by atoms with Gasteiger partial charge in [0.05, 0.1) is 11.7 Å². The van der Waals surface area contributed by atoms with Gasteiger partial charge in [-0.05, 0) is 25.1 Å². The number of ether oxygens (including phenoxy) is 1. The van der Waals surface area contributed by atoms with E-state index < -0.39 is 35.2 Å². The molecule has 0 aliphatic rings. The third-order valence-corrected chi connectivity index (χ3v) is 2.85. The van der Waals surface area contributed by atoms with E-state index in [0.717, 1.165) is 18.2 Å². The van der Waals surface area contributed by atoms with Crippen molar-refractivity contribution in [3.05, 3.63) is 59.4 Å². The quantitative estimate of drug-likeness (QED) is 0.833. The van der Waals surface area contributed by atoms with Crippen LogP contribution < -0.4 is 4.74 Å². The van der Waals surface area contributed by atoms with E-state index in [9.17, 15) is 22.7 Å². The van der Waals surface area contributed by atoms with Crippen LogP contribution in [0.15, 0.2) is 42.5 Å². The molecule has 0 aliphatic heterocycles. The highest BCUT2D eigenvalue weighted by Gasteiger charge is 2.34. The van der Waals surface area contributed by atoms with Crippen LogP contribution >= 0.6 is 0 Å². The summed E-state index contributed by atoms with van der Waals surface area (Å²) in [6.45, 7) is 1.37. The summed E-state index contributed by atoms with van der Waals surface area (Å²) in [5.41, 5.74) is -0.934. The average molecular weight is 300 g/mol. The molecule has 1 atom stereocenters. The lowest BCUT2D eigenvalue weighted by Crippen LogP contribution is -2.08. The first kappa shape index (κ1) is 15.3. The van der Waals surface area contributed by atoms with E-state index in [0.29, 0.717) is 0 Å². The molecule has 112 valence electrons. The summed E-state index contributed by atoms with van der Waals surface area (Å²) >= 11 is 0. The molecule has 2 nitrogen and oxygen atoms in total. The van der Waals surface area contributed by atoms with E-state index >= 15 is 0 Å². The maximum atomic E-state index is 13.8. The number of halogens is 4. The SMILES string of the molecule is C[C@H](O)c1cccc(F)c1Oc1ccccc1C(F)(F)F. The Bertz CT molecular complexity index is 636. The van der Waals surface area contributed by atoms with Crippen molar-refractivity contribution < 1.29 is 27.4 Å². The second-order valence-electron chi connectivity index (χ2n) is 4.43. The van der Waals surface area contributed by atoms with Crippen molar-refractivity contribution >= 4 is 0 Å². The number of hydrogen-bond donors (Lipinski definition) is 1. The zero-order valence-corrected chi connectivity index (χ0v) is 11.0. The maximum absolute atomic E-state index is 13.8. The molecule has 0 saturated heterocycles. The number of aliphatic hydroxyl groups is 1. The van der Waals surface area contributed by atoms with Crippen molar-refractivity contribution in [1.29, 1.82) is 0 Å². The normalized spacial score (nSPS) is 13.0. The number of benzene rings is 2. The van der Waals surface area contributed by atoms with Gasteiger partial charge < -0.3 is 9.84 Å². The van der Waals surface area contributed by atoms with Gasteiger partial charge in [0.1, 0.15) is 5.75 Å². The Morgan fingerprint density at radius 3 is 2.33 bits per heavy atom. The van der Waals surface area contributed by atoms with Gasteiger partial charge in [0.15, 0.2) is 11.6 Å². The van der Waals surface area contributed by atoms with Gasteiger partial charge in [-0.1, -0.05) is 24.3 Å². The summed E-state index contributed by atoms with van der Waals surface area (Å²) in [6.07, 6.45) is -5.69. The Balaban J connectivity index is 2.49. The largest absolute Gasteiger partial charge is 0.453 e. The van der Waals surface area contributed by atoms with E-state index in [-0.39, 0.29) is 5.56 Å². The molecule has 0 fully saturated rings. The molecule has 0 spiro atoms. The first-order chi connectivity index (χ1) is 9.80. The van der Waals surface area contributed by atoms with E-state index in [1.54, 1.807) is 0 Å². The maximum Gasteiger partial charge on any atom is 0.419 e. The van der Waals surface area contributed by atoms with Crippen LogP contribution in [0.1, 0.15) is 24.2 Å². The molecule has 0 amide bonds. The fourth-order valence-corrected chi connectivity index (χ4v) is 1.86. The minimum absolute atomic E-state index is 0.0759. The van der Waals surface area contributed by atoms with Crippen LogP contribution in [0.25, 0.3) is 0 Å². The van der Waals surface area contributed by atoms with Crippen molar-refractivity contribution in [3.8, 4) is 11.5 Å². The van der Waals surface area contributed by atoms with Crippen molar-refractivity contribution in [3.63, 3.8) is 0 Å². The number of alkyl halides is 3. The fourth-order valence-electron chi connectivity index (χ4n) is 1.86. The standard InChI is InChI=1S/C15H12F4O2/c1-9(20)10-5-4-7-12(16)14(10)21-13-8-3-2-6-11(13)15(17,18)19/h2-9,20H,1H3/t9-/m0/s1. The average Bonchev–Trinajstić information content (AvgIpc) is 2.40. The Labute approximate surface area is 118 Å². The van der Waals surface area contributed by atoms with Crippen LogP contribution in [0, 0.1) is 5.82 Å². The highest BCUT2D eigenvalue weighted by molar-refractivity contribution is 5.43. The van der Waals surface area contributed by atoms with Crippen molar-refractivity contribution in [2.24, 2.45) is 0 Å². The van der Waals surface area contributed by atoms with Gasteiger partial charge in [0.2, 0.25) is 0 Å². The second-order valence-corrected chi connectivity index (χ2v) is 4.43. The molecule has 1 N–H and O–H groups in total. The van der Waals surface area contributed by atoms with E-state index in [2.05, 4.69) is 0 Å². The van der Waals surface area contributed by atoms with Crippen molar-refractivity contribution in [2.45, 2.75) is 19.2 Å². The van der Waals surface area contributed by atoms with Gasteiger partial charge >= 0.3 is 6.18 Å². The lowest BCUT2D eigenvalue weighted by atomic mass is 10.1. The van der Waals surface area contributed by atoms with Gasteiger partial charge in [0.25, 0.3) is 0 Å². The monoisotopic (exact) mass is 300 g/mol. The van der Waals surface area contributed by atoms with E-state index in [1.807, 2.05) is 0 Å². The Morgan fingerprint density at radius 1 is 1.05 bits per heavy atom. The minimum Gasteiger partial charge on any atom is -0.453 e. The Morgan fingerprint density at radius 2 is 1.71 bits per heavy atom. The van der Waals surface area contributed by atoms with Gasteiger partial charge in [-0.25, -0.2) is 4.39 Å². The molecule has 0 aromatic heterocycles. The molecule has 0 radical (unpaired) electrons. The Kier molecular flexibility index (Phi) is 4.18. The topological polar surface area (TPSA) is 29.5 Å². The summed E-state index contributed by atoms with van der Waals surface area (Å²) in [4.78, 5) is 0. The van der Waals surface area contributed by atoms with Gasteiger partial charge in [-0.3, -0.25) is 0 Å². The molecule has 2 aromatic rings. The first-order valence-corrected chi connectivity index (χ1v) is 6.11. The van der Waals surface area contributed by atoms with Crippen LogP contribution in [0.2, 0.25) is 0 Å². The van der Waals surface area contributed by atoms with E-state index in [4.69, 9.17) is 4.74 Å². The van der Waals surface area contributed by atoms with Crippen LogP contribution in [0.5, 0.6) is 11.5 Å². The van der Waals surface area contributed by atoms with E-state index in [1.165, 1.54) is 31.2 Å². The Hall–Kier alpha value is -2.08. The number of aliphatic hydroxyl groups excluding tert-OH is 1. The molecule has 0 saturated carbocycles. The summed E-state index contributed by atoms with van der Waals surface area (Å²) in [5.74, 6) is -1.77. The fraction of sp³-hybridized carbons (Fsp3) is 0.200. The summed E-state index contributed by atoms with van der Waals surface area (Å²) < 4.78 is 57.6. The molecule has 0 unspecified atom stereocenters. The van der Waals surface area contributed by atoms with Crippen molar-refractivity contribution in [1.82, 2.24) is 0 Å². The molecule has 0 aliphatic carbocycles. The predicted octanol–water partition coefficient (Wildman–Crippen LogP) is 4.69. The smallest absolute Gasteiger partial charge is 0.419 e.